The van der Waals surface area contributed by atoms with Crippen LogP contribution in [0.1, 0.15) is 42.3 Å². The number of hydrogen-bond acceptors (Lipinski definition) is 7. The summed E-state index contributed by atoms with van der Waals surface area (Å²) in [6.45, 7) is 6.26. The van der Waals surface area contributed by atoms with Gasteiger partial charge in [0.25, 0.3) is 5.91 Å². The minimum atomic E-state index is -1.47. The number of rotatable bonds is 9. The van der Waals surface area contributed by atoms with Crippen LogP contribution in [0, 0.1) is 13.8 Å². The number of amides is 3. The molecule has 182 valence electrons. The largest absolute Gasteiger partial charge is 0.530 e. The smallest absolute Gasteiger partial charge is 0.266 e. The Labute approximate surface area is 197 Å². The Kier molecular flexibility index (Phi) is 7.72. The third kappa shape index (κ3) is 5.63. The van der Waals surface area contributed by atoms with E-state index in [4.69, 9.17) is 9.94 Å². The van der Waals surface area contributed by atoms with E-state index in [1.54, 1.807) is 24.5 Å². The fourth-order valence-electron chi connectivity index (χ4n) is 4.34. The first-order valence-electron chi connectivity index (χ1n) is 11.0. The molecule has 1 aliphatic heterocycles. The summed E-state index contributed by atoms with van der Waals surface area (Å²) in [5.74, 6) is -0.387. The lowest BCUT2D eigenvalue weighted by molar-refractivity contribution is -0.250. The summed E-state index contributed by atoms with van der Waals surface area (Å²) in [6, 6.07) is 10.2. The number of hydrogen-bond donors (Lipinski definition) is 3. The molecule has 1 saturated heterocycles. The number of aryl methyl sites for hydroxylation is 2. The summed E-state index contributed by atoms with van der Waals surface area (Å²) in [6.07, 6.45) is -1.01. The molecule has 1 aliphatic rings. The summed E-state index contributed by atoms with van der Waals surface area (Å²) in [7, 11) is 0. The maximum Gasteiger partial charge on any atom is 0.266 e. The second kappa shape index (κ2) is 10.5. The number of hydroxylamine groups is 1. The van der Waals surface area contributed by atoms with Crippen molar-refractivity contribution in [2.75, 3.05) is 13.1 Å². The number of likely N-dealkylation sites (tertiary alicyclic amines) is 1. The Morgan fingerprint density at radius 2 is 1.88 bits per heavy atom. The minimum absolute atomic E-state index is 0.00290. The Balaban J connectivity index is 1.69. The highest BCUT2D eigenvalue weighted by molar-refractivity contribution is 5.94. The lowest BCUT2D eigenvalue weighted by Gasteiger charge is -2.29. The van der Waals surface area contributed by atoms with Gasteiger partial charge < -0.3 is 24.9 Å². The Bertz CT molecular complexity index is 1040. The zero-order valence-electron chi connectivity index (χ0n) is 19.5. The van der Waals surface area contributed by atoms with Gasteiger partial charge in [-0.15, -0.1) is 0 Å². The first kappa shape index (κ1) is 25.0. The summed E-state index contributed by atoms with van der Waals surface area (Å²) in [5, 5.41) is 21.8. The summed E-state index contributed by atoms with van der Waals surface area (Å²) >= 11 is 0. The van der Waals surface area contributed by atoms with Gasteiger partial charge in [0.1, 0.15) is 24.5 Å². The predicted octanol–water partition coefficient (Wildman–Crippen LogP) is 0.964. The Morgan fingerprint density at radius 3 is 2.47 bits per heavy atom. The summed E-state index contributed by atoms with van der Waals surface area (Å²) in [4.78, 5) is 41.8. The van der Waals surface area contributed by atoms with E-state index in [0.717, 1.165) is 22.5 Å². The van der Waals surface area contributed by atoms with Gasteiger partial charge >= 0.3 is 0 Å². The van der Waals surface area contributed by atoms with Crippen molar-refractivity contribution in [1.29, 1.82) is 0 Å². The van der Waals surface area contributed by atoms with Crippen molar-refractivity contribution >= 4 is 17.9 Å². The summed E-state index contributed by atoms with van der Waals surface area (Å²) in [5.41, 5.74) is 4.34. The third-order valence-corrected chi connectivity index (χ3v) is 6.10. The number of carbonyl (C=O) groups is 3. The zero-order chi connectivity index (χ0) is 24.9. The van der Waals surface area contributed by atoms with Crippen LogP contribution in [0.2, 0.25) is 0 Å². The van der Waals surface area contributed by atoms with Gasteiger partial charge in [0.15, 0.2) is 0 Å². The van der Waals surface area contributed by atoms with Crippen LogP contribution in [0.5, 0.6) is 5.75 Å². The summed E-state index contributed by atoms with van der Waals surface area (Å²) < 4.78 is 5.88. The van der Waals surface area contributed by atoms with Crippen LogP contribution in [-0.4, -0.2) is 52.1 Å². The first-order chi connectivity index (χ1) is 16.1. The number of aromatic nitrogens is 1. The normalized spacial score (nSPS) is 18.5. The van der Waals surface area contributed by atoms with E-state index < -0.39 is 23.5 Å². The van der Waals surface area contributed by atoms with Gasteiger partial charge in [0.2, 0.25) is 5.91 Å². The molecule has 2 aromatic rings. The van der Waals surface area contributed by atoms with E-state index in [1.807, 2.05) is 38.1 Å². The van der Waals surface area contributed by atoms with Crippen molar-refractivity contribution in [3.8, 4) is 5.75 Å². The van der Waals surface area contributed by atoms with Gasteiger partial charge in [-0.2, -0.15) is 0 Å². The topological polar surface area (TPSA) is 144 Å². The van der Waals surface area contributed by atoms with Gasteiger partial charge in [0, 0.05) is 24.5 Å². The molecule has 1 fully saturated rings. The van der Waals surface area contributed by atoms with Gasteiger partial charge in [-0.25, -0.2) is 5.48 Å². The average molecular weight is 470 g/mol. The van der Waals surface area contributed by atoms with Crippen LogP contribution in [-0.2, 0) is 21.6 Å². The number of nitrogens with one attached hydrogen (secondary N) is 2. The average Bonchev–Trinajstić information content (AvgIpc) is 3.09. The molecule has 0 spiro atoms. The zero-order valence-corrected chi connectivity index (χ0v) is 19.5. The van der Waals surface area contributed by atoms with Crippen molar-refractivity contribution < 1.29 is 29.4 Å². The van der Waals surface area contributed by atoms with Crippen LogP contribution >= 0.6 is 0 Å². The quantitative estimate of drug-likeness (QED) is 0.367. The minimum Gasteiger partial charge on any atom is -0.530 e. The molecule has 2 atom stereocenters. The van der Waals surface area contributed by atoms with E-state index in [2.05, 4.69) is 10.3 Å². The number of pyridine rings is 1. The Morgan fingerprint density at radius 1 is 1.24 bits per heavy atom. The molecule has 34 heavy (non-hydrogen) atoms. The fourth-order valence-corrected chi connectivity index (χ4v) is 4.34. The molecule has 0 bridgehead atoms. The molecular formula is C24H29N4O6-. The molecule has 3 N–H and O–H groups in total. The number of ether oxygens (including phenoxy) is 1. The van der Waals surface area contributed by atoms with E-state index in [1.165, 1.54) is 4.90 Å². The van der Waals surface area contributed by atoms with Gasteiger partial charge in [-0.05, 0) is 69.0 Å². The van der Waals surface area contributed by atoms with Crippen LogP contribution in [0.25, 0.3) is 0 Å². The number of nitrogens with zero attached hydrogens (tertiary/aromatic N) is 2. The van der Waals surface area contributed by atoms with Crippen molar-refractivity contribution in [3.63, 3.8) is 0 Å². The molecule has 0 aliphatic carbocycles. The highest BCUT2D eigenvalue weighted by Gasteiger charge is 2.47. The van der Waals surface area contributed by atoms with E-state index >= 15 is 0 Å². The molecule has 3 amide bonds. The van der Waals surface area contributed by atoms with Crippen LogP contribution < -0.4 is 20.6 Å². The molecule has 3 rings (SSSR count). The monoisotopic (exact) mass is 469 g/mol. The lowest BCUT2D eigenvalue weighted by atomic mass is 9.81. The van der Waals surface area contributed by atoms with E-state index in [9.17, 15) is 19.5 Å². The molecule has 10 heteroatoms. The molecule has 2 unspecified atom stereocenters. The van der Waals surface area contributed by atoms with Gasteiger partial charge in [0.05, 0.1) is 5.41 Å². The molecule has 1 aromatic carbocycles. The molecule has 0 radical (unpaired) electrons. The first-order valence-corrected chi connectivity index (χ1v) is 11.0. The fraction of sp³-hybridized carbons (Fsp3) is 0.417. The van der Waals surface area contributed by atoms with Crippen LogP contribution in [0.15, 0.2) is 36.4 Å². The predicted molar refractivity (Wildman–Crippen MR) is 120 cm³/mol. The third-order valence-electron chi connectivity index (χ3n) is 6.10. The number of carboxylic acid groups (broad SMARTS) is 1. The number of carbonyl (C=O) groups excluding carboxylic acids is 3. The highest BCUT2D eigenvalue weighted by atomic mass is 16.5. The highest BCUT2D eigenvalue weighted by Crippen LogP contribution is 2.37. The second-order valence-corrected chi connectivity index (χ2v) is 8.65. The van der Waals surface area contributed by atoms with Crippen molar-refractivity contribution in [1.82, 2.24) is 20.7 Å². The van der Waals surface area contributed by atoms with Gasteiger partial charge in [-0.3, -0.25) is 19.8 Å². The number of benzene rings is 1. The van der Waals surface area contributed by atoms with E-state index in [0.29, 0.717) is 18.8 Å². The second-order valence-electron chi connectivity index (χ2n) is 8.65. The molecular weight excluding hydrogens is 440 g/mol. The maximum atomic E-state index is 13.3. The SMILES string of the molecule is Cc1cc(COc2ccc(C3(C)CCN(C(CCNC(=O)[O-])C(=O)NO)C3=O)cc2)cc(C)n1. The van der Waals surface area contributed by atoms with Crippen LogP contribution in [0.3, 0.4) is 0 Å². The Hall–Kier alpha value is -3.66. The van der Waals surface area contributed by atoms with Crippen molar-refractivity contribution in [2.24, 2.45) is 0 Å². The lowest BCUT2D eigenvalue weighted by Crippen LogP contribution is -2.50. The molecule has 1 aromatic heterocycles. The molecule has 10 nitrogen and oxygen atoms in total. The van der Waals surface area contributed by atoms with Crippen molar-refractivity contribution in [2.45, 2.75) is 51.7 Å². The molecule has 0 saturated carbocycles. The molecule has 2 heterocycles. The standard InChI is InChI=1S/C24H30N4O6/c1-15-12-17(13-16(2)26-15)14-34-19-6-4-18(5-7-19)24(3)9-11-28(22(24)30)20(21(29)27-33)8-10-25-23(31)32/h4-7,12-13,20,25,33H,8-11,14H2,1-3H3,(H,27,29)(H,31,32)/p-1. The maximum absolute atomic E-state index is 13.3. The van der Waals surface area contributed by atoms with E-state index in [-0.39, 0.29) is 25.4 Å². The van der Waals surface area contributed by atoms with Crippen molar-refractivity contribution in [3.05, 3.63) is 58.9 Å². The van der Waals surface area contributed by atoms with Gasteiger partial charge in [-0.1, -0.05) is 12.1 Å². The van der Waals surface area contributed by atoms with Crippen LogP contribution in [0.4, 0.5) is 4.79 Å².